The molecule has 0 saturated heterocycles. The summed E-state index contributed by atoms with van der Waals surface area (Å²) in [7, 11) is 1.97. The molecular weight excluding hydrogens is 265 g/mol. The Morgan fingerprint density at radius 2 is 2.19 bits per heavy atom. The fraction of sp³-hybridized carbons (Fsp3) is 0.353. The number of rotatable bonds is 6. The van der Waals surface area contributed by atoms with Gasteiger partial charge in [-0.25, -0.2) is 4.39 Å². The number of hydrogen-bond donors (Lipinski definition) is 1. The second kappa shape index (κ2) is 7.05. The first-order valence-electron chi connectivity index (χ1n) is 7.19. The summed E-state index contributed by atoms with van der Waals surface area (Å²) in [6.07, 6.45) is 6.34. The third-order valence-corrected chi connectivity index (χ3v) is 3.62. The summed E-state index contributed by atoms with van der Waals surface area (Å²) < 4.78 is 15.4. The Hall–Kier alpha value is -2.12. The second-order valence-corrected chi connectivity index (χ2v) is 5.17. The van der Waals surface area contributed by atoms with Crippen LogP contribution in [-0.2, 0) is 6.54 Å². The molecule has 1 aromatic carbocycles. The fourth-order valence-electron chi connectivity index (χ4n) is 2.50. The van der Waals surface area contributed by atoms with Crippen molar-refractivity contribution in [3.63, 3.8) is 0 Å². The maximum absolute atomic E-state index is 13.3. The summed E-state index contributed by atoms with van der Waals surface area (Å²) in [5.41, 5.74) is 2.27. The van der Waals surface area contributed by atoms with Gasteiger partial charge in [0.1, 0.15) is 11.9 Å². The number of aromatic nitrogens is 1. The highest BCUT2D eigenvalue weighted by molar-refractivity contribution is 5.34. The summed E-state index contributed by atoms with van der Waals surface area (Å²) in [5, 5.41) is 12.2. The van der Waals surface area contributed by atoms with Crippen molar-refractivity contribution in [2.45, 2.75) is 32.4 Å². The van der Waals surface area contributed by atoms with Gasteiger partial charge in [-0.1, -0.05) is 19.4 Å². The molecular formula is C17H20FN3. The van der Waals surface area contributed by atoms with Crippen LogP contribution in [0.3, 0.4) is 0 Å². The number of nitrogens with zero attached hydrogens (tertiary/aromatic N) is 2. The third kappa shape index (κ3) is 3.71. The predicted molar refractivity (Wildman–Crippen MR) is 81.4 cm³/mol. The van der Waals surface area contributed by atoms with E-state index in [1.54, 1.807) is 12.1 Å². The molecule has 4 heteroatoms. The van der Waals surface area contributed by atoms with Crippen LogP contribution in [0.5, 0.6) is 0 Å². The standard InChI is InChI=1S/C17H20FN3/c1-3-4-17(20-2)14-7-8-21(12-14)11-13-5-6-16(18)15(9-13)10-19/h5-9,12,17,20H,3-4,11H2,1-2H3. The SMILES string of the molecule is CCCC(NC)c1ccn(Cc2ccc(F)c(C#N)c2)c1. The average Bonchev–Trinajstić information content (AvgIpc) is 2.95. The Morgan fingerprint density at radius 1 is 1.38 bits per heavy atom. The lowest BCUT2D eigenvalue weighted by atomic mass is 10.1. The molecule has 3 nitrogen and oxygen atoms in total. The average molecular weight is 285 g/mol. The van der Waals surface area contributed by atoms with Gasteiger partial charge in [0.15, 0.2) is 0 Å². The number of hydrogen-bond acceptors (Lipinski definition) is 2. The first kappa shape index (κ1) is 15.3. The number of nitriles is 1. The first-order chi connectivity index (χ1) is 10.2. The maximum Gasteiger partial charge on any atom is 0.140 e. The molecule has 1 atom stereocenters. The molecule has 2 aromatic rings. The van der Waals surface area contributed by atoms with Gasteiger partial charge in [0.05, 0.1) is 5.56 Å². The molecule has 1 unspecified atom stereocenters. The molecule has 2 rings (SSSR count). The van der Waals surface area contributed by atoms with Crippen LogP contribution in [0.1, 0.15) is 42.5 Å². The van der Waals surface area contributed by atoms with Crippen LogP contribution in [0.4, 0.5) is 4.39 Å². The molecule has 0 aliphatic carbocycles. The summed E-state index contributed by atoms with van der Waals surface area (Å²) in [5.74, 6) is -0.465. The molecule has 1 aromatic heterocycles. The first-order valence-corrected chi connectivity index (χ1v) is 7.19. The monoisotopic (exact) mass is 285 g/mol. The van der Waals surface area contributed by atoms with Crippen LogP contribution in [0.2, 0.25) is 0 Å². The van der Waals surface area contributed by atoms with E-state index in [4.69, 9.17) is 5.26 Å². The summed E-state index contributed by atoms with van der Waals surface area (Å²) in [4.78, 5) is 0. The van der Waals surface area contributed by atoms with Crippen molar-refractivity contribution in [1.82, 2.24) is 9.88 Å². The Morgan fingerprint density at radius 3 is 2.86 bits per heavy atom. The molecule has 0 amide bonds. The minimum Gasteiger partial charge on any atom is -0.350 e. The Balaban J connectivity index is 2.14. The van der Waals surface area contributed by atoms with Gasteiger partial charge < -0.3 is 9.88 Å². The minimum absolute atomic E-state index is 0.0963. The highest BCUT2D eigenvalue weighted by atomic mass is 19.1. The van der Waals surface area contributed by atoms with E-state index < -0.39 is 5.82 Å². The third-order valence-electron chi connectivity index (χ3n) is 3.62. The van der Waals surface area contributed by atoms with Crippen LogP contribution in [-0.4, -0.2) is 11.6 Å². The zero-order valence-corrected chi connectivity index (χ0v) is 12.4. The quantitative estimate of drug-likeness (QED) is 0.881. The van der Waals surface area contributed by atoms with E-state index in [2.05, 4.69) is 29.1 Å². The molecule has 1 heterocycles. The van der Waals surface area contributed by atoms with E-state index in [0.717, 1.165) is 18.4 Å². The predicted octanol–water partition coefficient (Wildman–Crippen LogP) is 3.61. The van der Waals surface area contributed by atoms with Gasteiger partial charge in [-0.05, 0) is 42.8 Å². The van der Waals surface area contributed by atoms with E-state index in [1.807, 2.05) is 19.3 Å². The van der Waals surface area contributed by atoms with Gasteiger partial charge in [-0.3, -0.25) is 0 Å². The summed E-state index contributed by atoms with van der Waals surface area (Å²) in [6.45, 7) is 2.81. The Kier molecular flexibility index (Phi) is 5.13. The van der Waals surface area contributed by atoms with Crippen molar-refractivity contribution in [2.75, 3.05) is 7.05 Å². The van der Waals surface area contributed by atoms with Gasteiger partial charge in [0.25, 0.3) is 0 Å². The highest BCUT2D eigenvalue weighted by Crippen LogP contribution is 2.19. The molecule has 0 aliphatic rings. The molecule has 110 valence electrons. The molecule has 0 bridgehead atoms. The second-order valence-electron chi connectivity index (χ2n) is 5.17. The normalized spacial score (nSPS) is 12.1. The van der Waals surface area contributed by atoms with E-state index in [9.17, 15) is 4.39 Å². The van der Waals surface area contributed by atoms with Crippen LogP contribution < -0.4 is 5.32 Å². The van der Waals surface area contributed by atoms with E-state index in [0.29, 0.717) is 12.6 Å². The molecule has 21 heavy (non-hydrogen) atoms. The number of nitrogens with one attached hydrogen (secondary N) is 1. The van der Waals surface area contributed by atoms with Gasteiger partial charge in [-0.15, -0.1) is 0 Å². The lowest BCUT2D eigenvalue weighted by Crippen LogP contribution is -2.15. The van der Waals surface area contributed by atoms with E-state index >= 15 is 0 Å². The van der Waals surface area contributed by atoms with Crippen molar-refractivity contribution < 1.29 is 4.39 Å². The lowest BCUT2D eigenvalue weighted by molar-refractivity contribution is 0.540. The Labute approximate surface area is 125 Å². The van der Waals surface area contributed by atoms with Crippen LogP contribution >= 0.6 is 0 Å². The molecule has 0 aliphatic heterocycles. The van der Waals surface area contributed by atoms with Crippen molar-refractivity contribution in [1.29, 1.82) is 5.26 Å². The van der Waals surface area contributed by atoms with Gasteiger partial charge in [0.2, 0.25) is 0 Å². The van der Waals surface area contributed by atoms with Crippen molar-refractivity contribution >= 4 is 0 Å². The van der Waals surface area contributed by atoms with Crippen LogP contribution in [0, 0.1) is 17.1 Å². The fourth-order valence-corrected chi connectivity index (χ4v) is 2.50. The minimum atomic E-state index is -0.465. The number of halogens is 1. The topological polar surface area (TPSA) is 40.8 Å². The van der Waals surface area contributed by atoms with E-state index in [1.165, 1.54) is 11.6 Å². The zero-order valence-electron chi connectivity index (χ0n) is 12.4. The zero-order chi connectivity index (χ0) is 15.2. The lowest BCUT2D eigenvalue weighted by Gasteiger charge is -2.13. The van der Waals surface area contributed by atoms with Crippen LogP contribution in [0.25, 0.3) is 0 Å². The van der Waals surface area contributed by atoms with Crippen molar-refractivity contribution in [3.8, 4) is 6.07 Å². The van der Waals surface area contributed by atoms with Crippen LogP contribution in [0.15, 0.2) is 36.7 Å². The molecule has 0 saturated carbocycles. The molecule has 1 N–H and O–H groups in total. The van der Waals surface area contributed by atoms with Crippen molar-refractivity contribution in [2.24, 2.45) is 0 Å². The van der Waals surface area contributed by atoms with E-state index in [-0.39, 0.29) is 5.56 Å². The molecule has 0 radical (unpaired) electrons. The van der Waals surface area contributed by atoms with Gasteiger partial charge >= 0.3 is 0 Å². The summed E-state index contributed by atoms with van der Waals surface area (Å²) >= 11 is 0. The highest BCUT2D eigenvalue weighted by Gasteiger charge is 2.10. The molecule has 0 fully saturated rings. The Bertz CT molecular complexity index is 640. The maximum atomic E-state index is 13.3. The van der Waals surface area contributed by atoms with Gasteiger partial charge in [0, 0.05) is 25.0 Å². The largest absolute Gasteiger partial charge is 0.350 e. The van der Waals surface area contributed by atoms with Gasteiger partial charge in [-0.2, -0.15) is 5.26 Å². The summed E-state index contributed by atoms with van der Waals surface area (Å²) in [6, 6.07) is 9.02. The smallest absolute Gasteiger partial charge is 0.140 e. The van der Waals surface area contributed by atoms with Crippen molar-refractivity contribution in [3.05, 3.63) is 59.2 Å². The number of benzene rings is 1. The molecule has 0 spiro atoms.